The fraction of sp³-hybridized carbons (Fsp3) is 0.310. The smallest absolute Gasteiger partial charge is 0.335 e. The number of ether oxygens (including phenoxy) is 2. The molecule has 0 aliphatic carbocycles. The second kappa shape index (κ2) is 11.5. The predicted molar refractivity (Wildman–Crippen MR) is 141 cm³/mol. The summed E-state index contributed by atoms with van der Waals surface area (Å²) >= 11 is 0. The van der Waals surface area contributed by atoms with Crippen molar-refractivity contribution in [3.63, 3.8) is 0 Å². The van der Waals surface area contributed by atoms with E-state index in [9.17, 15) is 19.1 Å². The standard InChI is InChI=1S/C29H31FN2O6/c1-19(2)18-29(36)11-13-32(14-12-29)28(35)31-22-15-25(37-23-7-3-20(4-8-23)27(33)34)17-26(16-22)38-24-9-5-21(30)6-10-24/h3-10,15-17,19,36H,11-14,18H2,1-2H3,(H,31,35)(H,33,34). The molecule has 4 rings (SSSR count). The minimum Gasteiger partial charge on any atom is -0.478 e. The lowest BCUT2D eigenvalue weighted by atomic mass is 9.84. The Bertz CT molecular complexity index is 1270. The molecule has 0 aromatic heterocycles. The van der Waals surface area contributed by atoms with Crippen LogP contribution in [-0.4, -0.2) is 45.8 Å². The molecule has 0 bridgehead atoms. The lowest BCUT2D eigenvalue weighted by Crippen LogP contribution is -2.48. The van der Waals surface area contributed by atoms with Gasteiger partial charge in [0.25, 0.3) is 0 Å². The number of carboxylic acids is 1. The molecule has 1 aliphatic heterocycles. The van der Waals surface area contributed by atoms with Crippen LogP contribution in [0.25, 0.3) is 0 Å². The van der Waals surface area contributed by atoms with Gasteiger partial charge in [-0.1, -0.05) is 13.8 Å². The zero-order valence-electron chi connectivity index (χ0n) is 21.3. The average Bonchev–Trinajstić information content (AvgIpc) is 2.85. The highest BCUT2D eigenvalue weighted by molar-refractivity contribution is 5.90. The van der Waals surface area contributed by atoms with Gasteiger partial charge in [0.2, 0.25) is 0 Å². The summed E-state index contributed by atoms with van der Waals surface area (Å²) in [5.41, 5.74) is -0.222. The zero-order chi connectivity index (χ0) is 27.3. The van der Waals surface area contributed by atoms with E-state index in [4.69, 9.17) is 14.6 Å². The van der Waals surface area contributed by atoms with E-state index in [2.05, 4.69) is 19.2 Å². The summed E-state index contributed by atoms with van der Waals surface area (Å²) in [7, 11) is 0. The van der Waals surface area contributed by atoms with E-state index in [-0.39, 0.29) is 11.6 Å². The molecule has 1 fully saturated rings. The number of aliphatic hydroxyl groups is 1. The molecule has 0 radical (unpaired) electrons. The average molecular weight is 523 g/mol. The van der Waals surface area contributed by atoms with Crippen molar-refractivity contribution in [3.05, 3.63) is 78.1 Å². The molecule has 38 heavy (non-hydrogen) atoms. The van der Waals surface area contributed by atoms with Crippen LogP contribution in [0.15, 0.2) is 66.7 Å². The van der Waals surface area contributed by atoms with E-state index in [1.165, 1.54) is 48.5 Å². The van der Waals surface area contributed by atoms with E-state index in [1.807, 2.05) is 0 Å². The number of likely N-dealkylation sites (tertiary alicyclic amines) is 1. The number of carbonyl (C=O) groups excluding carboxylic acids is 1. The molecule has 8 nitrogen and oxygen atoms in total. The molecule has 3 N–H and O–H groups in total. The molecule has 9 heteroatoms. The lowest BCUT2D eigenvalue weighted by molar-refractivity contribution is -0.0268. The van der Waals surface area contributed by atoms with E-state index in [0.29, 0.717) is 67.0 Å². The first-order valence-corrected chi connectivity index (χ1v) is 12.5. The van der Waals surface area contributed by atoms with Gasteiger partial charge in [0, 0.05) is 37.0 Å². The van der Waals surface area contributed by atoms with Crippen molar-refractivity contribution in [3.8, 4) is 23.0 Å². The van der Waals surface area contributed by atoms with Crippen LogP contribution in [0.1, 0.15) is 43.5 Å². The van der Waals surface area contributed by atoms with Crippen LogP contribution in [0.5, 0.6) is 23.0 Å². The Morgan fingerprint density at radius 1 is 0.921 bits per heavy atom. The van der Waals surface area contributed by atoms with E-state index >= 15 is 0 Å². The van der Waals surface area contributed by atoms with Crippen LogP contribution in [0.3, 0.4) is 0 Å². The summed E-state index contributed by atoms with van der Waals surface area (Å²) in [6.07, 6.45) is 1.71. The van der Waals surface area contributed by atoms with Crippen LogP contribution in [0, 0.1) is 11.7 Å². The molecule has 0 unspecified atom stereocenters. The molecule has 3 aromatic rings. The Morgan fingerprint density at radius 3 is 1.95 bits per heavy atom. The van der Waals surface area contributed by atoms with Crippen molar-refractivity contribution < 1.29 is 33.7 Å². The van der Waals surface area contributed by atoms with Gasteiger partial charge < -0.3 is 29.9 Å². The zero-order valence-corrected chi connectivity index (χ0v) is 21.3. The number of amides is 2. The molecule has 0 saturated carbocycles. The number of rotatable bonds is 8. The summed E-state index contributed by atoms with van der Waals surface area (Å²) in [6.45, 7) is 5.00. The van der Waals surface area contributed by atoms with Gasteiger partial charge in [-0.15, -0.1) is 0 Å². The van der Waals surface area contributed by atoms with Crippen molar-refractivity contribution in [1.82, 2.24) is 4.90 Å². The molecular formula is C29H31FN2O6. The SMILES string of the molecule is CC(C)CC1(O)CCN(C(=O)Nc2cc(Oc3ccc(F)cc3)cc(Oc3ccc(C(=O)O)cc3)c2)CC1. The van der Waals surface area contributed by atoms with Gasteiger partial charge in [0.15, 0.2) is 0 Å². The lowest BCUT2D eigenvalue weighted by Gasteiger charge is -2.39. The van der Waals surface area contributed by atoms with Crippen LogP contribution in [-0.2, 0) is 0 Å². The van der Waals surface area contributed by atoms with Crippen molar-refractivity contribution >= 4 is 17.7 Å². The number of hydrogen-bond acceptors (Lipinski definition) is 5. The largest absolute Gasteiger partial charge is 0.478 e. The Labute approximate surface area is 220 Å². The number of hydrogen-bond donors (Lipinski definition) is 3. The Kier molecular flexibility index (Phi) is 8.16. The minimum atomic E-state index is -1.04. The molecular weight excluding hydrogens is 491 g/mol. The number of nitrogens with zero attached hydrogens (tertiary/aromatic N) is 1. The van der Waals surface area contributed by atoms with E-state index in [1.54, 1.807) is 23.1 Å². The fourth-order valence-electron chi connectivity index (χ4n) is 4.49. The van der Waals surface area contributed by atoms with Crippen molar-refractivity contribution in [1.29, 1.82) is 0 Å². The topological polar surface area (TPSA) is 108 Å². The molecule has 0 spiro atoms. The maximum atomic E-state index is 13.3. The summed E-state index contributed by atoms with van der Waals surface area (Å²) in [5, 5.41) is 22.8. The number of benzene rings is 3. The second-order valence-electron chi connectivity index (χ2n) is 9.92. The monoisotopic (exact) mass is 522 g/mol. The van der Waals surface area contributed by atoms with Gasteiger partial charge in [-0.25, -0.2) is 14.0 Å². The number of piperidine rings is 1. The van der Waals surface area contributed by atoms with Gasteiger partial charge in [-0.05, 0) is 73.7 Å². The summed E-state index contributed by atoms with van der Waals surface area (Å²) in [6, 6.07) is 16.0. The summed E-state index contributed by atoms with van der Waals surface area (Å²) < 4.78 is 25.1. The second-order valence-corrected chi connectivity index (χ2v) is 9.92. The van der Waals surface area contributed by atoms with Gasteiger partial charge in [-0.2, -0.15) is 0 Å². The van der Waals surface area contributed by atoms with Gasteiger partial charge in [0.1, 0.15) is 28.8 Å². The summed E-state index contributed by atoms with van der Waals surface area (Å²) in [5.74, 6) is 0.400. The Hall–Kier alpha value is -4.11. The van der Waals surface area contributed by atoms with Crippen LogP contribution in [0.2, 0.25) is 0 Å². The highest BCUT2D eigenvalue weighted by atomic mass is 19.1. The van der Waals surface area contributed by atoms with Gasteiger partial charge >= 0.3 is 12.0 Å². The van der Waals surface area contributed by atoms with Crippen molar-refractivity contribution in [2.24, 2.45) is 5.92 Å². The molecule has 1 saturated heterocycles. The molecule has 200 valence electrons. The number of nitrogens with one attached hydrogen (secondary N) is 1. The molecule has 1 heterocycles. The van der Waals surface area contributed by atoms with Gasteiger partial charge in [0.05, 0.1) is 11.2 Å². The predicted octanol–water partition coefficient (Wildman–Crippen LogP) is 6.51. The Morgan fingerprint density at radius 2 is 1.45 bits per heavy atom. The van der Waals surface area contributed by atoms with E-state index in [0.717, 1.165) is 0 Å². The summed E-state index contributed by atoms with van der Waals surface area (Å²) in [4.78, 5) is 25.8. The molecule has 2 amide bonds. The van der Waals surface area contributed by atoms with E-state index < -0.39 is 17.4 Å². The number of carbonyl (C=O) groups is 2. The molecule has 1 aliphatic rings. The normalized spacial score (nSPS) is 14.7. The maximum Gasteiger partial charge on any atom is 0.335 e. The number of halogens is 1. The van der Waals surface area contributed by atoms with Gasteiger partial charge in [-0.3, -0.25) is 0 Å². The van der Waals surface area contributed by atoms with Crippen molar-refractivity contribution in [2.75, 3.05) is 18.4 Å². The van der Waals surface area contributed by atoms with Crippen LogP contribution >= 0.6 is 0 Å². The number of aromatic carboxylic acids is 1. The Balaban J connectivity index is 1.52. The maximum absolute atomic E-state index is 13.3. The van der Waals surface area contributed by atoms with Crippen LogP contribution < -0.4 is 14.8 Å². The number of carboxylic acid groups (broad SMARTS) is 1. The third kappa shape index (κ3) is 7.23. The third-order valence-electron chi connectivity index (χ3n) is 6.29. The van der Waals surface area contributed by atoms with Crippen molar-refractivity contribution in [2.45, 2.75) is 38.7 Å². The fourth-order valence-corrected chi connectivity index (χ4v) is 4.49. The minimum absolute atomic E-state index is 0.125. The van der Waals surface area contributed by atoms with Crippen LogP contribution in [0.4, 0.5) is 14.9 Å². The quantitative estimate of drug-likeness (QED) is 0.311. The number of anilines is 1. The highest BCUT2D eigenvalue weighted by Gasteiger charge is 2.34. The molecule has 0 atom stereocenters. The first kappa shape index (κ1) is 26.9. The number of urea groups is 1. The third-order valence-corrected chi connectivity index (χ3v) is 6.29. The molecule has 3 aromatic carbocycles. The highest BCUT2D eigenvalue weighted by Crippen LogP contribution is 2.34. The first-order chi connectivity index (χ1) is 18.1. The first-order valence-electron chi connectivity index (χ1n) is 12.5.